The van der Waals surface area contributed by atoms with Crippen LogP contribution in [0.1, 0.15) is 48.4 Å². The molecule has 30 heavy (non-hydrogen) atoms. The monoisotopic (exact) mass is 409 g/mol. The lowest BCUT2D eigenvalue weighted by molar-refractivity contribution is -0.123. The number of nitrogens with one attached hydrogen (secondary N) is 1. The van der Waals surface area contributed by atoms with E-state index < -0.39 is 0 Å². The maximum Gasteiger partial charge on any atom is 0.277 e. The van der Waals surface area contributed by atoms with Crippen LogP contribution in [0.2, 0.25) is 0 Å². The van der Waals surface area contributed by atoms with Crippen molar-refractivity contribution in [3.8, 4) is 11.5 Å². The minimum Gasteiger partial charge on any atom is -0.508 e. The van der Waals surface area contributed by atoms with Gasteiger partial charge in [-0.25, -0.2) is 5.43 Å². The van der Waals surface area contributed by atoms with E-state index >= 15 is 0 Å². The molecule has 0 radical (unpaired) electrons. The summed E-state index contributed by atoms with van der Waals surface area (Å²) in [5, 5.41) is 14.4. The van der Waals surface area contributed by atoms with Gasteiger partial charge in [-0.15, -0.1) is 0 Å². The zero-order valence-electron chi connectivity index (χ0n) is 18.1. The summed E-state index contributed by atoms with van der Waals surface area (Å²) in [7, 11) is 0. The molecule has 6 nitrogen and oxygen atoms in total. The van der Waals surface area contributed by atoms with Crippen molar-refractivity contribution in [1.29, 1.82) is 0 Å². The van der Waals surface area contributed by atoms with Gasteiger partial charge in [-0.3, -0.25) is 9.69 Å². The lowest BCUT2D eigenvalue weighted by atomic mass is 10.0. The average molecular weight is 410 g/mol. The Kier molecular flexibility index (Phi) is 7.46. The smallest absolute Gasteiger partial charge is 0.277 e. The Hall–Kier alpha value is -2.86. The van der Waals surface area contributed by atoms with Gasteiger partial charge in [0.05, 0.1) is 5.71 Å². The highest BCUT2D eigenvalue weighted by Crippen LogP contribution is 2.22. The molecular weight excluding hydrogens is 378 g/mol. The zero-order chi connectivity index (χ0) is 21.5. The number of phenolic OH excluding ortho intramolecular Hbond substituents is 1. The average Bonchev–Trinajstić information content (AvgIpc) is 2.72. The first kappa shape index (κ1) is 21.8. The molecule has 2 aromatic rings. The van der Waals surface area contributed by atoms with E-state index in [-0.39, 0.29) is 12.5 Å². The number of amides is 1. The van der Waals surface area contributed by atoms with E-state index in [0.717, 1.165) is 41.9 Å². The van der Waals surface area contributed by atoms with Gasteiger partial charge >= 0.3 is 0 Å². The van der Waals surface area contributed by atoms with Crippen molar-refractivity contribution in [3.63, 3.8) is 0 Å². The van der Waals surface area contributed by atoms with Crippen LogP contribution in [0.25, 0.3) is 0 Å². The predicted molar refractivity (Wildman–Crippen MR) is 119 cm³/mol. The van der Waals surface area contributed by atoms with Crippen LogP contribution in [0.3, 0.4) is 0 Å². The number of carbonyl (C=O) groups is 1. The Morgan fingerprint density at radius 2 is 1.80 bits per heavy atom. The van der Waals surface area contributed by atoms with Crippen molar-refractivity contribution >= 4 is 11.6 Å². The number of aryl methyl sites for hydroxylation is 2. The maximum atomic E-state index is 12.1. The zero-order valence-corrected chi connectivity index (χ0v) is 18.1. The minimum absolute atomic E-state index is 0.102. The fourth-order valence-electron chi connectivity index (χ4n) is 3.70. The number of hydrogen-bond acceptors (Lipinski definition) is 5. The Morgan fingerprint density at radius 1 is 1.10 bits per heavy atom. The van der Waals surface area contributed by atoms with E-state index in [9.17, 15) is 9.90 Å². The Balaban J connectivity index is 1.57. The SMILES string of the molecule is C/C(=N\NC(=O)COc1cc(C)cc(C)c1)c1ccc(O)c(CN2CCCCC2)c1. The number of hydrazone groups is 1. The molecule has 160 valence electrons. The van der Waals surface area contributed by atoms with Crippen LogP contribution in [0.15, 0.2) is 41.5 Å². The molecule has 0 aromatic heterocycles. The van der Waals surface area contributed by atoms with Gasteiger partial charge in [-0.2, -0.15) is 5.10 Å². The number of ether oxygens (including phenoxy) is 1. The van der Waals surface area contributed by atoms with Crippen LogP contribution in [0.4, 0.5) is 0 Å². The van der Waals surface area contributed by atoms with Gasteiger partial charge in [0.2, 0.25) is 0 Å². The summed E-state index contributed by atoms with van der Waals surface area (Å²) < 4.78 is 5.57. The van der Waals surface area contributed by atoms with Gasteiger partial charge in [0, 0.05) is 12.1 Å². The van der Waals surface area contributed by atoms with E-state index in [1.165, 1.54) is 19.3 Å². The molecule has 3 rings (SSSR count). The Morgan fingerprint density at radius 3 is 2.50 bits per heavy atom. The lowest BCUT2D eigenvalue weighted by Crippen LogP contribution is -2.29. The van der Waals surface area contributed by atoms with Gasteiger partial charge < -0.3 is 9.84 Å². The second-order valence-corrected chi connectivity index (χ2v) is 8.02. The number of piperidine rings is 1. The van der Waals surface area contributed by atoms with Crippen LogP contribution >= 0.6 is 0 Å². The molecule has 0 bridgehead atoms. The molecule has 1 saturated heterocycles. The lowest BCUT2D eigenvalue weighted by Gasteiger charge is -2.26. The van der Waals surface area contributed by atoms with Crippen molar-refractivity contribution in [2.24, 2.45) is 5.10 Å². The van der Waals surface area contributed by atoms with Crippen molar-refractivity contribution in [3.05, 3.63) is 58.7 Å². The quantitative estimate of drug-likeness (QED) is 0.537. The van der Waals surface area contributed by atoms with Crippen molar-refractivity contribution in [2.75, 3.05) is 19.7 Å². The second-order valence-electron chi connectivity index (χ2n) is 8.02. The van der Waals surface area contributed by atoms with Crippen LogP contribution in [0.5, 0.6) is 11.5 Å². The molecule has 1 heterocycles. The van der Waals surface area contributed by atoms with E-state index in [1.54, 1.807) is 6.07 Å². The number of benzene rings is 2. The summed E-state index contributed by atoms with van der Waals surface area (Å²) in [6.07, 6.45) is 3.69. The molecule has 0 aliphatic carbocycles. The molecule has 0 saturated carbocycles. The number of nitrogens with zero attached hydrogens (tertiary/aromatic N) is 2. The molecule has 6 heteroatoms. The van der Waals surface area contributed by atoms with Gasteiger partial charge in [-0.05, 0) is 93.7 Å². The number of phenols is 1. The number of likely N-dealkylation sites (tertiary alicyclic amines) is 1. The Bertz CT molecular complexity index is 898. The van der Waals surface area contributed by atoms with E-state index in [4.69, 9.17) is 4.74 Å². The third kappa shape index (κ3) is 6.32. The molecule has 0 spiro atoms. The summed E-state index contributed by atoms with van der Waals surface area (Å²) in [4.78, 5) is 14.5. The number of carbonyl (C=O) groups excluding carboxylic acids is 1. The molecule has 2 N–H and O–H groups in total. The van der Waals surface area contributed by atoms with Gasteiger partial charge in [0.15, 0.2) is 6.61 Å². The second kappa shape index (κ2) is 10.3. The molecule has 1 aliphatic heterocycles. The number of hydrogen-bond donors (Lipinski definition) is 2. The largest absolute Gasteiger partial charge is 0.508 e. The molecule has 1 fully saturated rings. The van der Waals surface area contributed by atoms with E-state index in [2.05, 4.69) is 21.5 Å². The highest BCUT2D eigenvalue weighted by atomic mass is 16.5. The summed E-state index contributed by atoms with van der Waals surface area (Å²) in [5.41, 5.74) is 7.16. The molecule has 0 atom stereocenters. The summed E-state index contributed by atoms with van der Waals surface area (Å²) in [6.45, 7) is 8.57. The maximum absolute atomic E-state index is 12.1. The fourth-order valence-corrected chi connectivity index (χ4v) is 3.70. The first-order valence-corrected chi connectivity index (χ1v) is 10.5. The first-order valence-electron chi connectivity index (χ1n) is 10.5. The third-order valence-electron chi connectivity index (χ3n) is 5.25. The van der Waals surface area contributed by atoms with E-state index in [0.29, 0.717) is 17.2 Å². The first-order chi connectivity index (χ1) is 14.4. The topological polar surface area (TPSA) is 74.2 Å². The fraction of sp³-hybridized carbons (Fsp3) is 0.417. The molecule has 1 aliphatic rings. The predicted octanol–water partition coefficient (Wildman–Crippen LogP) is 3.91. The van der Waals surface area contributed by atoms with Gasteiger partial charge in [0.1, 0.15) is 11.5 Å². The standard InChI is InChI=1S/C24H31N3O3/c1-17-11-18(2)13-22(12-17)30-16-24(29)26-25-19(3)20-7-8-23(28)21(14-20)15-27-9-5-4-6-10-27/h7-8,11-14,28H,4-6,9-10,15-16H2,1-3H3,(H,26,29)/b25-19+. The van der Waals surface area contributed by atoms with Crippen LogP contribution in [-0.4, -0.2) is 41.3 Å². The molecular formula is C24H31N3O3. The van der Waals surface area contributed by atoms with Crippen molar-refractivity contribution in [1.82, 2.24) is 10.3 Å². The summed E-state index contributed by atoms with van der Waals surface area (Å²) in [5.74, 6) is 0.646. The van der Waals surface area contributed by atoms with Crippen LogP contribution < -0.4 is 10.2 Å². The van der Waals surface area contributed by atoms with Crippen LogP contribution in [-0.2, 0) is 11.3 Å². The minimum atomic E-state index is -0.319. The normalized spacial score (nSPS) is 15.1. The van der Waals surface area contributed by atoms with Gasteiger partial charge in [-0.1, -0.05) is 12.5 Å². The van der Waals surface area contributed by atoms with Crippen molar-refractivity contribution < 1.29 is 14.6 Å². The highest BCUT2D eigenvalue weighted by molar-refractivity contribution is 5.99. The Labute approximate surface area is 178 Å². The number of rotatable bonds is 7. The molecule has 0 unspecified atom stereocenters. The van der Waals surface area contributed by atoms with Crippen molar-refractivity contribution in [2.45, 2.75) is 46.6 Å². The molecule has 1 amide bonds. The van der Waals surface area contributed by atoms with E-state index in [1.807, 2.05) is 45.0 Å². The van der Waals surface area contributed by atoms with Crippen LogP contribution in [0, 0.1) is 13.8 Å². The highest BCUT2D eigenvalue weighted by Gasteiger charge is 2.13. The molecule has 2 aromatic carbocycles. The van der Waals surface area contributed by atoms with Gasteiger partial charge in [0.25, 0.3) is 5.91 Å². The third-order valence-corrected chi connectivity index (χ3v) is 5.25. The summed E-state index contributed by atoms with van der Waals surface area (Å²) in [6, 6.07) is 11.3. The summed E-state index contributed by atoms with van der Waals surface area (Å²) >= 11 is 0. The number of aromatic hydroxyl groups is 1.